The summed E-state index contributed by atoms with van der Waals surface area (Å²) in [4.78, 5) is 20.2. The van der Waals surface area contributed by atoms with E-state index in [1.54, 1.807) is 24.4 Å². The average molecular weight is 454 g/mol. The number of hydrogen-bond donors (Lipinski definition) is 4. The molecule has 0 aliphatic heterocycles. The van der Waals surface area contributed by atoms with E-state index in [1.807, 2.05) is 18.2 Å². The minimum Gasteiger partial charge on any atom is -0.491 e. The van der Waals surface area contributed by atoms with Gasteiger partial charge in [-0.25, -0.2) is 0 Å². The first-order chi connectivity index (χ1) is 15.1. The summed E-state index contributed by atoms with van der Waals surface area (Å²) in [5.41, 5.74) is 2.73. The maximum absolute atomic E-state index is 12.2. The molecular weight excluding hydrogens is 442 g/mol. The number of fused-ring (bicyclic) bond motifs is 1. The van der Waals surface area contributed by atoms with Gasteiger partial charge in [0, 0.05) is 28.2 Å². The zero-order valence-corrected chi connectivity index (χ0v) is 17.0. The lowest BCUT2D eigenvalue weighted by molar-refractivity contribution is 0.0990. The number of aromatic hydroxyl groups is 1. The smallest absolute Gasteiger partial charge is 0.311 e. The number of aromatic nitrogens is 5. The molecule has 0 radical (unpaired) electrons. The van der Waals surface area contributed by atoms with Gasteiger partial charge in [-0.2, -0.15) is 19.4 Å². The average Bonchev–Trinajstić information content (AvgIpc) is 3.51. The third kappa shape index (κ3) is 3.79. The number of H-pyrrole nitrogens is 1. The highest BCUT2D eigenvalue weighted by Crippen LogP contribution is 2.33. The number of carbonyl (C=O) groups is 1. The number of benzene rings is 2. The van der Waals surface area contributed by atoms with E-state index in [4.69, 9.17) is 16.0 Å². The molecule has 2 aromatic carbocycles. The van der Waals surface area contributed by atoms with E-state index >= 15 is 0 Å². The van der Waals surface area contributed by atoms with Crippen LogP contribution in [0.1, 0.15) is 10.7 Å². The fourth-order valence-electron chi connectivity index (χ4n) is 2.88. The second-order valence-electron chi connectivity index (χ2n) is 6.35. The van der Waals surface area contributed by atoms with Gasteiger partial charge < -0.3 is 20.2 Å². The summed E-state index contributed by atoms with van der Waals surface area (Å²) in [6.45, 7) is 0. The number of rotatable bonds is 5. The zero-order chi connectivity index (χ0) is 21.4. The van der Waals surface area contributed by atoms with Crippen LogP contribution in [0.3, 0.4) is 0 Å². The number of nitrogens with one attached hydrogen (secondary N) is 3. The summed E-state index contributed by atoms with van der Waals surface area (Å²) in [5.74, 6) is -0.710. The normalized spacial score (nSPS) is 11.0. The maximum atomic E-state index is 12.2. The Balaban J connectivity index is 1.35. The van der Waals surface area contributed by atoms with Crippen molar-refractivity contribution in [2.24, 2.45) is 0 Å². The Labute approximate surface area is 183 Å². The van der Waals surface area contributed by atoms with E-state index in [1.165, 1.54) is 11.5 Å². The van der Waals surface area contributed by atoms with Crippen molar-refractivity contribution in [2.45, 2.75) is 0 Å². The van der Waals surface area contributed by atoms with Gasteiger partial charge in [0.05, 0.1) is 22.4 Å². The lowest BCUT2D eigenvalue weighted by Crippen LogP contribution is -2.12. The van der Waals surface area contributed by atoms with Crippen molar-refractivity contribution in [2.75, 3.05) is 10.6 Å². The number of oxazole rings is 1. The molecule has 5 rings (SSSR count). The van der Waals surface area contributed by atoms with Gasteiger partial charge in [-0.1, -0.05) is 23.7 Å². The fourth-order valence-corrected chi connectivity index (χ4v) is 3.74. The van der Waals surface area contributed by atoms with Gasteiger partial charge in [0.15, 0.2) is 12.1 Å². The zero-order valence-electron chi connectivity index (χ0n) is 15.5. The molecule has 0 unspecified atom stereocenters. The first-order valence-corrected chi connectivity index (χ1v) is 10.0. The molecule has 5 aromatic rings. The predicted molar refractivity (Wildman–Crippen MR) is 116 cm³/mol. The molecule has 0 aliphatic carbocycles. The number of anilines is 3. The first-order valence-electron chi connectivity index (χ1n) is 8.85. The minimum absolute atomic E-state index is 0.243. The van der Waals surface area contributed by atoms with E-state index in [9.17, 15) is 9.90 Å². The fraction of sp³-hybridized carbons (Fsp3) is 0. The van der Waals surface area contributed by atoms with Crippen molar-refractivity contribution in [3.05, 3.63) is 59.8 Å². The lowest BCUT2D eigenvalue weighted by Gasteiger charge is -2.05. The molecule has 1 amide bonds. The van der Waals surface area contributed by atoms with Crippen LogP contribution < -0.4 is 10.6 Å². The topological polar surface area (TPSA) is 142 Å². The largest absolute Gasteiger partial charge is 0.491 e. The van der Waals surface area contributed by atoms with Gasteiger partial charge in [0.1, 0.15) is 0 Å². The molecule has 0 spiro atoms. The molecule has 0 bridgehead atoms. The summed E-state index contributed by atoms with van der Waals surface area (Å²) in [5, 5.41) is 23.8. The van der Waals surface area contributed by atoms with Gasteiger partial charge in [-0.15, -0.1) is 0 Å². The molecular formula is C19H12ClN7O3S. The first kappa shape index (κ1) is 19.0. The SMILES string of the molecule is O=C(Nc1cccc(-c2nsc(Nc3ccc4[nH]ncc4c3Cl)n2)c1)c1nc(O)co1. The molecule has 154 valence electrons. The molecule has 0 fully saturated rings. The third-order valence-corrected chi connectivity index (χ3v) is 5.33. The monoisotopic (exact) mass is 453 g/mol. The number of amides is 1. The Morgan fingerprint density at radius 2 is 2.13 bits per heavy atom. The summed E-state index contributed by atoms with van der Waals surface area (Å²) in [6.07, 6.45) is 2.64. The third-order valence-electron chi connectivity index (χ3n) is 4.29. The van der Waals surface area contributed by atoms with Crippen molar-refractivity contribution in [3.8, 4) is 17.3 Å². The van der Waals surface area contributed by atoms with Gasteiger partial charge in [0.2, 0.25) is 5.13 Å². The molecule has 4 N–H and O–H groups in total. The lowest BCUT2D eigenvalue weighted by atomic mass is 10.2. The van der Waals surface area contributed by atoms with Gasteiger partial charge in [0.25, 0.3) is 11.8 Å². The second kappa shape index (κ2) is 7.70. The molecule has 31 heavy (non-hydrogen) atoms. The van der Waals surface area contributed by atoms with Crippen molar-refractivity contribution in [3.63, 3.8) is 0 Å². The van der Waals surface area contributed by atoms with Crippen LogP contribution in [0.2, 0.25) is 5.02 Å². The molecule has 0 aliphatic rings. The molecule has 12 heteroatoms. The van der Waals surface area contributed by atoms with Crippen molar-refractivity contribution in [1.82, 2.24) is 24.5 Å². The molecule has 3 heterocycles. The Kier molecular flexibility index (Phi) is 4.73. The van der Waals surface area contributed by atoms with E-state index in [2.05, 4.69) is 35.2 Å². The van der Waals surface area contributed by atoms with Gasteiger partial charge in [-0.3, -0.25) is 9.89 Å². The number of hydrogen-bond acceptors (Lipinski definition) is 9. The molecule has 10 nitrogen and oxygen atoms in total. The maximum Gasteiger partial charge on any atom is 0.311 e. The van der Waals surface area contributed by atoms with E-state index < -0.39 is 5.91 Å². The van der Waals surface area contributed by atoms with Crippen LogP contribution in [0.15, 0.2) is 53.3 Å². The summed E-state index contributed by atoms with van der Waals surface area (Å²) < 4.78 is 9.26. The Hall–Kier alpha value is -3.96. The standard InChI is InChI=1S/C19H12ClN7O3S/c20-15-11-7-21-26-12(11)4-5-13(15)23-19-25-16(27-31-19)9-2-1-3-10(6-9)22-17(29)18-24-14(28)8-30-18/h1-8,28H,(H,21,26)(H,22,29)(H,23,25,27). The van der Waals surface area contributed by atoms with E-state index in [0.29, 0.717) is 32.9 Å². The van der Waals surface area contributed by atoms with Crippen LogP contribution in [0.25, 0.3) is 22.3 Å². The van der Waals surface area contributed by atoms with E-state index in [0.717, 1.165) is 17.2 Å². The Morgan fingerprint density at radius 3 is 2.97 bits per heavy atom. The number of halogens is 1. The highest BCUT2D eigenvalue weighted by Gasteiger charge is 2.15. The van der Waals surface area contributed by atoms with Crippen molar-refractivity contribution >= 4 is 56.4 Å². The van der Waals surface area contributed by atoms with Gasteiger partial charge >= 0.3 is 5.91 Å². The highest BCUT2D eigenvalue weighted by atomic mass is 35.5. The van der Waals surface area contributed by atoms with Crippen LogP contribution in [-0.2, 0) is 0 Å². The summed E-state index contributed by atoms with van der Waals surface area (Å²) in [6, 6.07) is 10.7. The quantitative estimate of drug-likeness (QED) is 0.306. The molecule has 0 atom stereocenters. The van der Waals surface area contributed by atoms with Crippen LogP contribution in [0.5, 0.6) is 5.88 Å². The number of aromatic amines is 1. The Bertz CT molecular complexity index is 1410. The van der Waals surface area contributed by atoms with E-state index in [-0.39, 0.29) is 11.8 Å². The highest BCUT2D eigenvalue weighted by molar-refractivity contribution is 7.10. The van der Waals surface area contributed by atoms with Crippen LogP contribution in [0.4, 0.5) is 16.5 Å². The van der Waals surface area contributed by atoms with Crippen LogP contribution in [-0.4, -0.2) is 35.6 Å². The van der Waals surface area contributed by atoms with Crippen molar-refractivity contribution in [1.29, 1.82) is 0 Å². The number of nitrogens with zero attached hydrogens (tertiary/aromatic N) is 4. The molecule has 0 saturated heterocycles. The Morgan fingerprint density at radius 1 is 1.23 bits per heavy atom. The summed E-state index contributed by atoms with van der Waals surface area (Å²) >= 11 is 7.62. The van der Waals surface area contributed by atoms with Gasteiger partial charge in [-0.05, 0) is 24.3 Å². The molecule has 3 aromatic heterocycles. The summed E-state index contributed by atoms with van der Waals surface area (Å²) in [7, 11) is 0. The van der Waals surface area contributed by atoms with Crippen LogP contribution >= 0.6 is 23.1 Å². The minimum atomic E-state index is -0.588. The molecule has 0 saturated carbocycles. The predicted octanol–water partition coefficient (Wildman–Crippen LogP) is 4.42. The van der Waals surface area contributed by atoms with Crippen molar-refractivity contribution < 1.29 is 14.3 Å². The van der Waals surface area contributed by atoms with Crippen LogP contribution in [0, 0.1) is 0 Å². The second-order valence-corrected chi connectivity index (χ2v) is 7.48. The number of carbonyl (C=O) groups excluding carboxylic acids is 1.